The number of hydrogen-bond donors (Lipinski definition) is 1. The van der Waals surface area contributed by atoms with Gasteiger partial charge in [-0.3, -0.25) is 14.6 Å². The molecule has 0 radical (unpaired) electrons. The van der Waals surface area contributed by atoms with Crippen LogP contribution in [0.2, 0.25) is 0 Å². The molecule has 6 nitrogen and oxygen atoms in total. The Morgan fingerprint density at radius 1 is 1.03 bits per heavy atom. The summed E-state index contributed by atoms with van der Waals surface area (Å²) >= 11 is 0. The molecule has 2 aliphatic heterocycles. The highest BCUT2D eigenvalue weighted by Gasteiger charge is 2.25. The topological polar surface area (TPSA) is 54.0 Å². The van der Waals surface area contributed by atoms with Crippen molar-refractivity contribution in [3.8, 4) is 11.5 Å². The molecule has 2 aromatic rings. The van der Waals surface area contributed by atoms with Crippen molar-refractivity contribution in [3.63, 3.8) is 0 Å². The van der Waals surface area contributed by atoms with Crippen LogP contribution in [0.25, 0.3) is 6.08 Å². The van der Waals surface area contributed by atoms with Crippen molar-refractivity contribution in [1.82, 2.24) is 9.80 Å². The average molecular weight is 408 g/mol. The fraction of sp³-hybridized carbons (Fsp3) is 0.375. The molecule has 2 aliphatic rings. The number of rotatable bonds is 6. The number of carbonyl (C=O) groups excluding carboxylic acids is 1. The molecule has 1 amide bonds. The highest BCUT2D eigenvalue weighted by Crippen LogP contribution is 2.32. The first kappa shape index (κ1) is 20.4. The molecule has 1 N–H and O–H groups in total. The normalized spacial score (nSPS) is 18.3. The van der Waals surface area contributed by atoms with Crippen LogP contribution in [-0.4, -0.2) is 67.7 Å². The third kappa shape index (κ3) is 5.20. The first-order valence-electron chi connectivity index (χ1n) is 10.6. The zero-order valence-corrected chi connectivity index (χ0v) is 17.4. The van der Waals surface area contributed by atoms with Gasteiger partial charge in [-0.05, 0) is 24.6 Å². The van der Waals surface area contributed by atoms with Gasteiger partial charge in [0.25, 0.3) is 0 Å². The number of carbonyl (C=O) groups is 1. The summed E-state index contributed by atoms with van der Waals surface area (Å²) < 4.78 is 11.1. The Kier molecular flexibility index (Phi) is 6.67. The van der Waals surface area contributed by atoms with E-state index in [-0.39, 0.29) is 11.9 Å². The molecule has 158 valence electrons. The summed E-state index contributed by atoms with van der Waals surface area (Å²) in [5.41, 5.74) is 1.96. The van der Waals surface area contributed by atoms with Crippen LogP contribution in [0.15, 0.2) is 54.6 Å². The smallest absolute Gasteiger partial charge is 0.241 e. The molecule has 0 spiro atoms. The second-order valence-corrected chi connectivity index (χ2v) is 7.67. The van der Waals surface area contributed by atoms with Crippen LogP contribution in [-0.2, 0) is 4.79 Å². The van der Waals surface area contributed by atoms with E-state index in [1.165, 1.54) is 5.56 Å². The minimum absolute atomic E-state index is 0.00380. The monoisotopic (exact) mass is 407 g/mol. The van der Waals surface area contributed by atoms with Gasteiger partial charge in [-0.2, -0.15) is 0 Å². The predicted molar refractivity (Wildman–Crippen MR) is 119 cm³/mol. The second-order valence-electron chi connectivity index (χ2n) is 7.67. The number of benzene rings is 2. The molecule has 30 heavy (non-hydrogen) atoms. The fourth-order valence-corrected chi connectivity index (χ4v) is 3.77. The Balaban J connectivity index is 1.24. The van der Waals surface area contributed by atoms with Crippen LogP contribution in [0, 0.1) is 0 Å². The molecule has 6 heteroatoms. The van der Waals surface area contributed by atoms with E-state index in [1.807, 2.05) is 31.2 Å². The fourth-order valence-electron chi connectivity index (χ4n) is 3.77. The predicted octanol–water partition coefficient (Wildman–Crippen LogP) is 3.12. The second kappa shape index (κ2) is 9.78. The van der Waals surface area contributed by atoms with E-state index in [4.69, 9.17) is 9.47 Å². The van der Waals surface area contributed by atoms with Gasteiger partial charge in [0.2, 0.25) is 5.91 Å². The first-order valence-corrected chi connectivity index (χ1v) is 10.6. The number of nitrogens with one attached hydrogen (secondary N) is 1. The number of amides is 1. The summed E-state index contributed by atoms with van der Waals surface area (Å²) in [6, 6.07) is 15.7. The summed E-state index contributed by atoms with van der Waals surface area (Å²) in [5.74, 6) is 1.41. The Bertz CT molecular complexity index is 877. The van der Waals surface area contributed by atoms with E-state index in [0.717, 1.165) is 44.2 Å². The number of hydrogen-bond acceptors (Lipinski definition) is 5. The quantitative estimate of drug-likeness (QED) is 0.798. The molecule has 1 unspecified atom stereocenters. The van der Waals surface area contributed by atoms with Crippen molar-refractivity contribution in [2.75, 3.05) is 51.3 Å². The SMILES string of the molecule is CC(C(=O)Nc1ccc2c(c1)OCCO2)N1CCN(C/C=C/c2ccccc2)CC1. The highest BCUT2D eigenvalue weighted by atomic mass is 16.6. The molecule has 0 bridgehead atoms. The first-order chi connectivity index (χ1) is 14.7. The van der Waals surface area contributed by atoms with E-state index < -0.39 is 0 Å². The van der Waals surface area contributed by atoms with Crippen LogP contribution in [0.1, 0.15) is 12.5 Å². The summed E-state index contributed by atoms with van der Waals surface area (Å²) in [6.07, 6.45) is 4.37. The van der Waals surface area contributed by atoms with Crippen molar-refractivity contribution < 1.29 is 14.3 Å². The van der Waals surface area contributed by atoms with Gasteiger partial charge in [-0.15, -0.1) is 0 Å². The standard InChI is InChI=1S/C24H29N3O3/c1-19(24(28)25-21-9-10-22-23(18-21)30-17-16-29-22)27-14-12-26(13-15-27)11-5-8-20-6-3-2-4-7-20/h2-10,18-19H,11-17H2,1H3,(H,25,28)/b8-5+. The van der Waals surface area contributed by atoms with Crippen molar-refractivity contribution in [1.29, 1.82) is 0 Å². The molecule has 2 heterocycles. The minimum Gasteiger partial charge on any atom is -0.486 e. The van der Waals surface area contributed by atoms with Crippen LogP contribution in [0.5, 0.6) is 11.5 Å². The molecule has 0 saturated carbocycles. The molecular weight excluding hydrogens is 378 g/mol. The molecule has 0 aromatic heterocycles. The Hall–Kier alpha value is -2.83. The number of piperazine rings is 1. The number of fused-ring (bicyclic) bond motifs is 1. The maximum atomic E-state index is 12.7. The number of anilines is 1. The Morgan fingerprint density at radius 2 is 1.77 bits per heavy atom. The van der Waals surface area contributed by atoms with Gasteiger partial charge in [0, 0.05) is 44.5 Å². The van der Waals surface area contributed by atoms with E-state index >= 15 is 0 Å². The van der Waals surface area contributed by atoms with Gasteiger partial charge in [0.05, 0.1) is 6.04 Å². The molecule has 4 rings (SSSR count). The lowest BCUT2D eigenvalue weighted by atomic mass is 10.2. The van der Waals surface area contributed by atoms with Crippen molar-refractivity contribution >= 4 is 17.7 Å². The Labute approximate surface area is 178 Å². The lowest BCUT2D eigenvalue weighted by Gasteiger charge is -2.37. The van der Waals surface area contributed by atoms with Gasteiger partial charge in [-0.25, -0.2) is 0 Å². The van der Waals surface area contributed by atoms with Gasteiger partial charge < -0.3 is 14.8 Å². The van der Waals surface area contributed by atoms with E-state index in [1.54, 1.807) is 0 Å². The molecular formula is C24H29N3O3. The summed E-state index contributed by atoms with van der Waals surface area (Å²) in [7, 11) is 0. The van der Waals surface area contributed by atoms with Crippen LogP contribution in [0.4, 0.5) is 5.69 Å². The maximum Gasteiger partial charge on any atom is 0.241 e. The molecule has 1 saturated heterocycles. The lowest BCUT2D eigenvalue weighted by Crippen LogP contribution is -2.52. The van der Waals surface area contributed by atoms with Gasteiger partial charge in [-0.1, -0.05) is 42.5 Å². The van der Waals surface area contributed by atoms with Crippen LogP contribution >= 0.6 is 0 Å². The molecule has 1 atom stereocenters. The molecule has 0 aliphatic carbocycles. The average Bonchev–Trinajstić information content (AvgIpc) is 2.80. The van der Waals surface area contributed by atoms with Crippen molar-refractivity contribution in [2.24, 2.45) is 0 Å². The lowest BCUT2D eigenvalue weighted by molar-refractivity contribution is -0.121. The highest BCUT2D eigenvalue weighted by molar-refractivity contribution is 5.94. The number of nitrogens with zero attached hydrogens (tertiary/aromatic N) is 2. The third-order valence-electron chi connectivity index (χ3n) is 5.62. The van der Waals surface area contributed by atoms with Gasteiger partial charge >= 0.3 is 0 Å². The molecule has 2 aromatic carbocycles. The zero-order chi connectivity index (χ0) is 20.8. The van der Waals surface area contributed by atoms with Gasteiger partial charge in [0.15, 0.2) is 11.5 Å². The van der Waals surface area contributed by atoms with Crippen LogP contribution in [0.3, 0.4) is 0 Å². The van der Waals surface area contributed by atoms with E-state index in [0.29, 0.717) is 19.0 Å². The van der Waals surface area contributed by atoms with Crippen molar-refractivity contribution in [2.45, 2.75) is 13.0 Å². The largest absolute Gasteiger partial charge is 0.486 e. The third-order valence-corrected chi connectivity index (χ3v) is 5.62. The van der Waals surface area contributed by atoms with Crippen molar-refractivity contribution in [3.05, 3.63) is 60.2 Å². The minimum atomic E-state index is -0.180. The summed E-state index contributed by atoms with van der Waals surface area (Å²) in [4.78, 5) is 17.4. The summed E-state index contributed by atoms with van der Waals surface area (Å²) in [5, 5.41) is 3.01. The zero-order valence-electron chi connectivity index (χ0n) is 17.4. The maximum absolute atomic E-state index is 12.7. The van der Waals surface area contributed by atoms with Gasteiger partial charge in [0.1, 0.15) is 13.2 Å². The van der Waals surface area contributed by atoms with E-state index in [9.17, 15) is 4.79 Å². The van der Waals surface area contributed by atoms with E-state index in [2.05, 4.69) is 51.5 Å². The van der Waals surface area contributed by atoms with Crippen LogP contribution < -0.4 is 14.8 Å². The number of ether oxygens (including phenoxy) is 2. The summed E-state index contributed by atoms with van der Waals surface area (Å²) in [6.45, 7) is 7.68. The Morgan fingerprint density at radius 3 is 2.53 bits per heavy atom. The molecule has 1 fully saturated rings.